The van der Waals surface area contributed by atoms with Crippen LogP contribution < -0.4 is 0 Å². The van der Waals surface area contributed by atoms with Gasteiger partial charge in [0.2, 0.25) is 0 Å². The van der Waals surface area contributed by atoms with E-state index in [0.717, 1.165) is 0 Å². The molecule has 2 aliphatic carbocycles. The molecule has 2 saturated carbocycles. The summed E-state index contributed by atoms with van der Waals surface area (Å²) in [4.78, 5) is 23.8. The van der Waals surface area contributed by atoms with Gasteiger partial charge in [-0.05, 0) is 26.2 Å². The molecule has 0 heterocycles. The number of Topliss-reactive ketones (excluding diaryl/α,β-unsaturated/α-hetero) is 2. The lowest BCUT2D eigenvalue weighted by Crippen LogP contribution is -2.47. The molecule has 0 unspecified atom stereocenters. The quantitative estimate of drug-likeness (QED) is 0.638. The van der Waals surface area contributed by atoms with Crippen molar-refractivity contribution in [1.29, 1.82) is 0 Å². The van der Waals surface area contributed by atoms with Crippen LogP contribution in [0, 0.1) is 11.3 Å². The molecular weight excluding hydrogens is 180 g/mol. The summed E-state index contributed by atoms with van der Waals surface area (Å²) in [6.07, 6.45) is 1.95. The molecule has 2 rings (SSSR count). The fourth-order valence-electron chi connectivity index (χ4n) is 2.90. The Balaban J connectivity index is 2.43. The van der Waals surface area contributed by atoms with Crippen LogP contribution in [0.4, 0.5) is 0 Å². The van der Waals surface area contributed by atoms with E-state index >= 15 is 0 Å². The third kappa shape index (κ3) is 0.962. The summed E-state index contributed by atoms with van der Waals surface area (Å²) < 4.78 is 0. The Kier molecular flexibility index (Phi) is 1.87. The molecule has 3 atom stereocenters. The van der Waals surface area contributed by atoms with Gasteiger partial charge in [-0.25, -0.2) is 0 Å². The van der Waals surface area contributed by atoms with Gasteiger partial charge in [-0.2, -0.15) is 0 Å². The second-order valence-electron chi connectivity index (χ2n) is 4.84. The van der Waals surface area contributed by atoms with E-state index < -0.39 is 16.9 Å². The van der Waals surface area contributed by atoms with Crippen molar-refractivity contribution in [1.82, 2.24) is 0 Å². The Morgan fingerprint density at radius 3 is 2.64 bits per heavy atom. The van der Waals surface area contributed by atoms with Crippen molar-refractivity contribution in [2.24, 2.45) is 11.3 Å². The van der Waals surface area contributed by atoms with E-state index in [1.165, 1.54) is 0 Å². The summed E-state index contributed by atoms with van der Waals surface area (Å²) in [5, 5.41) is 9.99. The van der Waals surface area contributed by atoms with Crippen molar-refractivity contribution in [2.75, 3.05) is 0 Å². The summed E-state index contributed by atoms with van der Waals surface area (Å²) in [5.74, 6) is -0.405. The largest absolute Gasteiger partial charge is 0.389 e. The fraction of sp³-hybridized carbons (Fsp3) is 0.818. The molecule has 0 spiro atoms. The van der Waals surface area contributed by atoms with Crippen molar-refractivity contribution in [3.05, 3.63) is 0 Å². The standard InChI is InChI=1S/C11H16O3/c1-3-11-5-4-10(2,14)7(9(11)13)6-8(11)12/h7,14H,3-6H2,1-2H3/t7-,10-,11+/m0/s1. The van der Waals surface area contributed by atoms with Crippen molar-refractivity contribution in [3.8, 4) is 0 Å². The van der Waals surface area contributed by atoms with Crippen molar-refractivity contribution >= 4 is 11.6 Å². The Morgan fingerprint density at radius 2 is 2.07 bits per heavy atom. The predicted octanol–water partition coefficient (Wildman–Crippen LogP) is 1.09. The van der Waals surface area contributed by atoms with E-state index in [1.807, 2.05) is 6.92 Å². The van der Waals surface area contributed by atoms with Crippen molar-refractivity contribution < 1.29 is 14.7 Å². The van der Waals surface area contributed by atoms with Crippen molar-refractivity contribution in [3.63, 3.8) is 0 Å². The van der Waals surface area contributed by atoms with Gasteiger partial charge in [-0.1, -0.05) is 6.92 Å². The molecule has 0 aromatic rings. The lowest BCUT2D eigenvalue weighted by molar-refractivity contribution is -0.146. The summed E-state index contributed by atoms with van der Waals surface area (Å²) >= 11 is 0. The number of ketones is 2. The maximum Gasteiger partial charge on any atom is 0.152 e. The van der Waals surface area contributed by atoms with Gasteiger partial charge in [0, 0.05) is 6.42 Å². The molecule has 3 heteroatoms. The third-order valence-corrected chi connectivity index (χ3v) is 4.12. The zero-order valence-corrected chi connectivity index (χ0v) is 8.67. The zero-order chi connectivity index (χ0) is 10.6. The molecule has 0 aromatic heterocycles. The first kappa shape index (κ1) is 9.84. The number of aliphatic hydroxyl groups is 1. The predicted molar refractivity (Wildman–Crippen MR) is 50.7 cm³/mol. The first-order chi connectivity index (χ1) is 6.44. The van der Waals surface area contributed by atoms with Crippen LogP contribution in [-0.4, -0.2) is 22.3 Å². The lowest BCUT2D eigenvalue weighted by atomic mass is 9.67. The molecule has 0 aromatic carbocycles. The van der Waals surface area contributed by atoms with E-state index in [2.05, 4.69) is 0 Å². The average Bonchev–Trinajstić information content (AvgIpc) is 2.31. The summed E-state index contributed by atoms with van der Waals surface area (Å²) in [6.45, 7) is 3.56. The van der Waals surface area contributed by atoms with Crippen LogP contribution in [0.5, 0.6) is 0 Å². The van der Waals surface area contributed by atoms with Crippen LogP contribution in [0.15, 0.2) is 0 Å². The Labute approximate surface area is 83.5 Å². The van der Waals surface area contributed by atoms with Gasteiger partial charge in [-0.15, -0.1) is 0 Å². The number of carbonyl (C=O) groups excluding carboxylic acids is 2. The van der Waals surface area contributed by atoms with E-state index in [4.69, 9.17) is 0 Å². The fourth-order valence-corrected chi connectivity index (χ4v) is 2.90. The molecule has 2 fully saturated rings. The van der Waals surface area contributed by atoms with Crippen LogP contribution in [0.2, 0.25) is 0 Å². The van der Waals surface area contributed by atoms with Crippen LogP contribution in [0.3, 0.4) is 0 Å². The molecule has 2 bridgehead atoms. The van der Waals surface area contributed by atoms with E-state index in [-0.39, 0.29) is 18.0 Å². The molecule has 3 nitrogen and oxygen atoms in total. The van der Waals surface area contributed by atoms with Gasteiger partial charge >= 0.3 is 0 Å². The molecule has 78 valence electrons. The normalized spacial score (nSPS) is 47.2. The van der Waals surface area contributed by atoms with Crippen molar-refractivity contribution in [2.45, 2.75) is 45.1 Å². The molecular formula is C11H16O3. The van der Waals surface area contributed by atoms with Crippen LogP contribution >= 0.6 is 0 Å². The summed E-state index contributed by atoms with van der Waals surface area (Å²) in [6, 6.07) is 0. The molecule has 14 heavy (non-hydrogen) atoms. The number of carbonyl (C=O) groups is 2. The van der Waals surface area contributed by atoms with Gasteiger partial charge in [0.15, 0.2) is 5.78 Å². The highest BCUT2D eigenvalue weighted by molar-refractivity contribution is 6.15. The topological polar surface area (TPSA) is 54.4 Å². The maximum absolute atomic E-state index is 12.0. The molecule has 0 aliphatic heterocycles. The monoisotopic (exact) mass is 196 g/mol. The first-order valence-electron chi connectivity index (χ1n) is 5.24. The lowest BCUT2D eigenvalue weighted by Gasteiger charge is -2.37. The van der Waals surface area contributed by atoms with Gasteiger partial charge in [0.05, 0.1) is 16.9 Å². The number of fused-ring (bicyclic) bond motifs is 2. The van der Waals surface area contributed by atoms with E-state index in [9.17, 15) is 14.7 Å². The van der Waals surface area contributed by atoms with Gasteiger partial charge in [0.1, 0.15) is 5.78 Å². The molecule has 0 saturated heterocycles. The minimum atomic E-state index is -0.956. The zero-order valence-electron chi connectivity index (χ0n) is 8.67. The SMILES string of the molecule is CC[C@@]12CC[C@](C)(O)[C@@H](CC1=O)C2=O. The number of hydrogen-bond donors (Lipinski definition) is 1. The number of rotatable bonds is 1. The van der Waals surface area contributed by atoms with Gasteiger partial charge in [0.25, 0.3) is 0 Å². The van der Waals surface area contributed by atoms with Crippen LogP contribution in [-0.2, 0) is 9.59 Å². The highest BCUT2D eigenvalue weighted by atomic mass is 16.3. The Morgan fingerprint density at radius 1 is 1.43 bits per heavy atom. The van der Waals surface area contributed by atoms with Crippen LogP contribution in [0.25, 0.3) is 0 Å². The smallest absolute Gasteiger partial charge is 0.152 e. The second-order valence-corrected chi connectivity index (χ2v) is 4.84. The van der Waals surface area contributed by atoms with Gasteiger partial charge in [-0.3, -0.25) is 9.59 Å². The highest BCUT2D eigenvalue weighted by Gasteiger charge is 2.61. The Bertz CT molecular complexity index is 306. The third-order valence-electron chi connectivity index (χ3n) is 4.12. The molecule has 2 aliphatic rings. The molecule has 0 radical (unpaired) electrons. The maximum atomic E-state index is 12.0. The molecule has 0 amide bonds. The average molecular weight is 196 g/mol. The summed E-state index contributed by atoms with van der Waals surface area (Å²) in [5.41, 5.74) is -1.69. The van der Waals surface area contributed by atoms with E-state index in [0.29, 0.717) is 19.3 Å². The van der Waals surface area contributed by atoms with E-state index in [1.54, 1.807) is 6.92 Å². The van der Waals surface area contributed by atoms with Crippen LogP contribution in [0.1, 0.15) is 39.5 Å². The second kappa shape index (κ2) is 2.66. The van der Waals surface area contributed by atoms with Gasteiger partial charge < -0.3 is 5.11 Å². The minimum Gasteiger partial charge on any atom is -0.389 e. The number of hydrogen-bond acceptors (Lipinski definition) is 3. The Hall–Kier alpha value is -0.700. The minimum absolute atomic E-state index is 0.0127. The summed E-state index contributed by atoms with van der Waals surface area (Å²) in [7, 11) is 0. The highest BCUT2D eigenvalue weighted by Crippen LogP contribution is 2.51. The first-order valence-corrected chi connectivity index (χ1v) is 5.24. The molecule has 1 N–H and O–H groups in total.